The molecule has 0 rings (SSSR count). The lowest BCUT2D eigenvalue weighted by Gasteiger charge is -2.11. The maximum atomic E-state index is 8.71. The fourth-order valence-electron chi connectivity index (χ4n) is 0.545. The van der Waals surface area contributed by atoms with Crippen molar-refractivity contribution in [3.63, 3.8) is 0 Å². The van der Waals surface area contributed by atoms with Crippen LogP contribution in [0.25, 0.3) is 0 Å². The SMILES string of the molecule is CC(CO)SCC(C)C(N)=NO. The van der Waals surface area contributed by atoms with E-state index in [4.69, 9.17) is 16.0 Å². The number of nitrogens with zero attached hydrogens (tertiary/aromatic N) is 1. The summed E-state index contributed by atoms with van der Waals surface area (Å²) in [6.45, 7) is 3.98. The van der Waals surface area contributed by atoms with Gasteiger partial charge in [-0.15, -0.1) is 0 Å². The molecule has 0 spiro atoms. The number of nitrogens with two attached hydrogens (primary N) is 1. The van der Waals surface area contributed by atoms with Crippen molar-refractivity contribution in [1.82, 2.24) is 0 Å². The topological polar surface area (TPSA) is 78.8 Å². The van der Waals surface area contributed by atoms with Crippen LogP contribution >= 0.6 is 11.8 Å². The third kappa shape index (κ3) is 4.46. The first kappa shape index (κ1) is 11.6. The predicted octanol–water partition coefficient (Wildman–Crippen LogP) is 0.483. The molecule has 0 fully saturated rings. The van der Waals surface area contributed by atoms with Gasteiger partial charge in [-0.1, -0.05) is 19.0 Å². The highest BCUT2D eigenvalue weighted by molar-refractivity contribution is 7.99. The first-order valence-electron chi connectivity index (χ1n) is 3.81. The van der Waals surface area contributed by atoms with Gasteiger partial charge in [0.1, 0.15) is 5.84 Å². The van der Waals surface area contributed by atoms with E-state index < -0.39 is 0 Å². The number of hydrogen-bond acceptors (Lipinski definition) is 4. The molecule has 12 heavy (non-hydrogen) atoms. The van der Waals surface area contributed by atoms with Crippen molar-refractivity contribution in [2.75, 3.05) is 12.4 Å². The number of oxime groups is 1. The Bertz CT molecular complexity index is 152. The summed E-state index contributed by atoms with van der Waals surface area (Å²) < 4.78 is 0. The fourth-order valence-corrected chi connectivity index (χ4v) is 1.44. The molecule has 0 aromatic carbocycles. The van der Waals surface area contributed by atoms with E-state index in [1.165, 1.54) is 0 Å². The van der Waals surface area contributed by atoms with Crippen LogP contribution in [0.5, 0.6) is 0 Å². The Kier molecular flexibility index (Phi) is 5.92. The number of hydrogen-bond donors (Lipinski definition) is 3. The molecule has 5 heteroatoms. The molecular weight excluding hydrogens is 176 g/mol. The van der Waals surface area contributed by atoms with Crippen LogP contribution < -0.4 is 5.73 Å². The minimum Gasteiger partial charge on any atom is -0.409 e. The summed E-state index contributed by atoms with van der Waals surface area (Å²) in [6.07, 6.45) is 0. The van der Waals surface area contributed by atoms with Crippen molar-refractivity contribution < 1.29 is 10.3 Å². The number of rotatable bonds is 5. The molecule has 0 heterocycles. The average molecular weight is 192 g/mol. The molecule has 72 valence electrons. The minimum absolute atomic E-state index is 0.0500. The summed E-state index contributed by atoms with van der Waals surface area (Å²) in [6, 6.07) is 0. The summed E-state index contributed by atoms with van der Waals surface area (Å²) in [7, 11) is 0. The van der Waals surface area contributed by atoms with Crippen LogP contribution in [-0.2, 0) is 0 Å². The second-order valence-electron chi connectivity index (χ2n) is 2.75. The van der Waals surface area contributed by atoms with Gasteiger partial charge >= 0.3 is 0 Å². The monoisotopic (exact) mass is 192 g/mol. The van der Waals surface area contributed by atoms with E-state index in [-0.39, 0.29) is 23.6 Å². The molecule has 2 atom stereocenters. The lowest BCUT2D eigenvalue weighted by atomic mass is 10.2. The molecule has 4 N–H and O–H groups in total. The number of aliphatic hydroxyl groups is 1. The Morgan fingerprint density at radius 1 is 1.58 bits per heavy atom. The Labute approximate surface area is 76.8 Å². The van der Waals surface area contributed by atoms with Gasteiger partial charge in [-0.05, 0) is 0 Å². The summed E-state index contributed by atoms with van der Waals surface area (Å²) in [4.78, 5) is 0. The predicted molar refractivity (Wildman–Crippen MR) is 51.6 cm³/mol. The smallest absolute Gasteiger partial charge is 0.142 e. The first-order chi connectivity index (χ1) is 5.61. The van der Waals surface area contributed by atoms with Crippen molar-refractivity contribution in [2.24, 2.45) is 16.8 Å². The molecular formula is C7H16N2O2S. The normalized spacial score (nSPS) is 17.4. The van der Waals surface area contributed by atoms with Crippen LogP contribution in [0.15, 0.2) is 5.16 Å². The maximum absolute atomic E-state index is 8.71. The molecule has 2 unspecified atom stereocenters. The van der Waals surface area contributed by atoms with E-state index in [2.05, 4.69) is 5.16 Å². The standard InChI is InChI=1S/C7H16N2O2S/c1-5(7(8)9-11)4-12-6(2)3-10/h5-6,10-11H,3-4H2,1-2H3,(H2,8,9). The van der Waals surface area contributed by atoms with E-state index in [1.807, 2.05) is 13.8 Å². The molecule has 0 aromatic rings. The van der Waals surface area contributed by atoms with Crippen molar-refractivity contribution in [2.45, 2.75) is 19.1 Å². The molecule has 0 amide bonds. The van der Waals surface area contributed by atoms with Gasteiger partial charge in [0.05, 0.1) is 6.61 Å². The van der Waals surface area contributed by atoms with Crippen molar-refractivity contribution in [3.05, 3.63) is 0 Å². The molecule has 0 aliphatic heterocycles. The van der Waals surface area contributed by atoms with E-state index in [9.17, 15) is 0 Å². The van der Waals surface area contributed by atoms with Gasteiger partial charge in [0.15, 0.2) is 0 Å². The summed E-state index contributed by atoms with van der Waals surface area (Å²) in [5.74, 6) is 1.05. The molecule has 0 aliphatic rings. The Morgan fingerprint density at radius 2 is 2.17 bits per heavy atom. The zero-order valence-corrected chi connectivity index (χ0v) is 8.21. The lowest BCUT2D eigenvalue weighted by Crippen LogP contribution is -2.24. The highest BCUT2D eigenvalue weighted by Crippen LogP contribution is 2.14. The number of aliphatic hydroxyl groups excluding tert-OH is 1. The fraction of sp³-hybridized carbons (Fsp3) is 0.857. The molecule has 0 saturated heterocycles. The van der Waals surface area contributed by atoms with Crippen molar-refractivity contribution >= 4 is 17.6 Å². The molecule has 0 aromatic heterocycles. The Hall–Kier alpha value is -0.420. The second-order valence-corrected chi connectivity index (χ2v) is 4.22. The first-order valence-corrected chi connectivity index (χ1v) is 4.86. The van der Waals surface area contributed by atoms with Crippen LogP contribution in [0.3, 0.4) is 0 Å². The maximum Gasteiger partial charge on any atom is 0.142 e. The van der Waals surface area contributed by atoms with Crippen LogP contribution in [0.1, 0.15) is 13.8 Å². The van der Waals surface area contributed by atoms with E-state index in [0.717, 1.165) is 5.75 Å². The second kappa shape index (κ2) is 6.14. The minimum atomic E-state index is 0.0500. The van der Waals surface area contributed by atoms with Crippen molar-refractivity contribution in [3.8, 4) is 0 Å². The lowest BCUT2D eigenvalue weighted by molar-refractivity contribution is 0.300. The van der Waals surface area contributed by atoms with E-state index in [1.54, 1.807) is 11.8 Å². The zero-order chi connectivity index (χ0) is 9.56. The van der Waals surface area contributed by atoms with E-state index in [0.29, 0.717) is 0 Å². The van der Waals surface area contributed by atoms with Gasteiger partial charge < -0.3 is 16.0 Å². The quantitative estimate of drug-likeness (QED) is 0.256. The molecule has 0 aliphatic carbocycles. The third-order valence-corrected chi connectivity index (χ3v) is 2.92. The summed E-state index contributed by atoms with van der Waals surface area (Å²) >= 11 is 1.61. The van der Waals surface area contributed by atoms with Crippen LogP contribution in [-0.4, -0.2) is 33.8 Å². The Morgan fingerprint density at radius 3 is 2.58 bits per heavy atom. The van der Waals surface area contributed by atoms with Gasteiger partial charge in [-0.25, -0.2) is 0 Å². The molecule has 0 bridgehead atoms. The number of thioether (sulfide) groups is 1. The summed E-state index contributed by atoms with van der Waals surface area (Å²) in [5.41, 5.74) is 5.37. The average Bonchev–Trinajstić information content (AvgIpc) is 2.11. The molecule has 0 radical (unpaired) electrons. The molecule has 4 nitrogen and oxygen atoms in total. The van der Waals surface area contributed by atoms with Gasteiger partial charge in [0.2, 0.25) is 0 Å². The summed E-state index contributed by atoms with van der Waals surface area (Å²) in [5, 5.41) is 20.2. The zero-order valence-electron chi connectivity index (χ0n) is 7.40. The highest BCUT2D eigenvalue weighted by Gasteiger charge is 2.09. The largest absolute Gasteiger partial charge is 0.409 e. The Balaban J connectivity index is 3.64. The van der Waals surface area contributed by atoms with Gasteiger partial charge in [0.25, 0.3) is 0 Å². The van der Waals surface area contributed by atoms with Crippen LogP contribution in [0, 0.1) is 5.92 Å². The molecule has 0 saturated carbocycles. The van der Waals surface area contributed by atoms with E-state index >= 15 is 0 Å². The number of amidine groups is 1. The van der Waals surface area contributed by atoms with Crippen LogP contribution in [0.4, 0.5) is 0 Å². The van der Waals surface area contributed by atoms with Crippen LogP contribution in [0.2, 0.25) is 0 Å². The van der Waals surface area contributed by atoms with Gasteiger partial charge in [0, 0.05) is 16.9 Å². The van der Waals surface area contributed by atoms with Crippen molar-refractivity contribution in [1.29, 1.82) is 0 Å². The van der Waals surface area contributed by atoms with Gasteiger partial charge in [-0.3, -0.25) is 0 Å². The van der Waals surface area contributed by atoms with Gasteiger partial charge in [-0.2, -0.15) is 11.8 Å². The third-order valence-electron chi connectivity index (χ3n) is 1.51. The highest BCUT2D eigenvalue weighted by atomic mass is 32.2.